The summed E-state index contributed by atoms with van der Waals surface area (Å²) in [4.78, 5) is 33.6. The number of pyridine rings is 1. The Hall–Kier alpha value is -2.44. The molecule has 1 atom stereocenters. The lowest BCUT2D eigenvalue weighted by Crippen LogP contribution is -2.52. The number of amides is 2. The van der Waals surface area contributed by atoms with E-state index < -0.39 is 0 Å². The molecule has 2 aromatic rings. The summed E-state index contributed by atoms with van der Waals surface area (Å²) in [7, 11) is 0. The van der Waals surface area contributed by atoms with Gasteiger partial charge in [-0.15, -0.1) is 12.4 Å². The van der Waals surface area contributed by atoms with E-state index in [2.05, 4.69) is 16.4 Å². The SMILES string of the molecule is Cl.O=C1CCCc2ccccc2N1CC(=O)N1CCNCC1c1cccnc1. The highest BCUT2D eigenvalue weighted by Gasteiger charge is 2.31. The number of halogens is 1. The van der Waals surface area contributed by atoms with Crippen LogP contribution in [0.2, 0.25) is 0 Å². The van der Waals surface area contributed by atoms with E-state index >= 15 is 0 Å². The van der Waals surface area contributed by atoms with Gasteiger partial charge in [0.1, 0.15) is 6.54 Å². The number of hydrogen-bond acceptors (Lipinski definition) is 4. The van der Waals surface area contributed by atoms with Crippen LogP contribution in [0.4, 0.5) is 5.69 Å². The van der Waals surface area contributed by atoms with Gasteiger partial charge >= 0.3 is 0 Å². The molecule has 6 nitrogen and oxygen atoms in total. The molecule has 148 valence electrons. The molecule has 0 aliphatic carbocycles. The number of carbonyl (C=O) groups is 2. The zero-order chi connectivity index (χ0) is 18.6. The van der Waals surface area contributed by atoms with E-state index in [1.807, 2.05) is 41.4 Å². The summed E-state index contributed by atoms with van der Waals surface area (Å²) in [6, 6.07) is 11.7. The molecule has 1 unspecified atom stereocenters. The lowest BCUT2D eigenvalue weighted by atomic mass is 10.0. The molecule has 4 rings (SSSR count). The average molecular weight is 401 g/mol. The number of nitrogens with one attached hydrogen (secondary N) is 1. The molecule has 1 aromatic heterocycles. The molecule has 2 amide bonds. The number of hydrogen-bond donors (Lipinski definition) is 1. The summed E-state index contributed by atoms with van der Waals surface area (Å²) in [5, 5.41) is 3.35. The van der Waals surface area contributed by atoms with Gasteiger partial charge in [-0.25, -0.2) is 0 Å². The Kier molecular flexibility index (Phi) is 6.65. The van der Waals surface area contributed by atoms with Crippen LogP contribution in [0.25, 0.3) is 0 Å². The smallest absolute Gasteiger partial charge is 0.243 e. The molecule has 7 heteroatoms. The van der Waals surface area contributed by atoms with Crippen LogP contribution in [0, 0.1) is 0 Å². The maximum Gasteiger partial charge on any atom is 0.243 e. The highest BCUT2D eigenvalue weighted by atomic mass is 35.5. The summed E-state index contributed by atoms with van der Waals surface area (Å²) in [5.74, 6) is 0.0109. The van der Waals surface area contributed by atoms with Crippen LogP contribution in [0.3, 0.4) is 0 Å². The summed E-state index contributed by atoms with van der Waals surface area (Å²) in [5.41, 5.74) is 3.03. The van der Waals surface area contributed by atoms with Crippen molar-refractivity contribution in [2.45, 2.75) is 25.3 Å². The van der Waals surface area contributed by atoms with Gasteiger partial charge in [-0.1, -0.05) is 24.3 Å². The van der Waals surface area contributed by atoms with Crippen molar-refractivity contribution >= 4 is 29.9 Å². The van der Waals surface area contributed by atoms with Crippen molar-refractivity contribution < 1.29 is 9.59 Å². The minimum atomic E-state index is -0.0581. The molecule has 3 heterocycles. The van der Waals surface area contributed by atoms with E-state index in [0.717, 1.165) is 36.2 Å². The molecule has 1 N–H and O–H groups in total. The predicted molar refractivity (Wildman–Crippen MR) is 111 cm³/mol. The predicted octanol–water partition coefficient (Wildman–Crippen LogP) is 2.35. The first kappa shape index (κ1) is 20.3. The third kappa shape index (κ3) is 4.18. The van der Waals surface area contributed by atoms with E-state index in [1.165, 1.54) is 0 Å². The van der Waals surface area contributed by atoms with Crippen molar-refractivity contribution in [2.24, 2.45) is 0 Å². The van der Waals surface area contributed by atoms with E-state index in [1.54, 1.807) is 11.1 Å². The normalized spacial score (nSPS) is 19.4. The summed E-state index contributed by atoms with van der Waals surface area (Å²) < 4.78 is 0. The number of nitrogens with zero attached hydrogens (tertiary/aromatic N) is 3. The van der Waals surface area contributed by atoms with Gasteiger partial charge in [0, 0.05) is 44.1 Å². The lowest BCUT2D eigenvalue weighted by Gasteiger charge is -2.37. The van der Waals surface area contributed by atoms with E-state index in [0.29, 0.717) is 19.5 Å². The minimum Gasteiger partial charge on any atom is -0.331 e. The van der Waals surface area contributed by atoms with Crippen LogP contribution in [-0.2, 0) is 16.0 Å². The first-order chi connectivity index (χ1) is 13.2. The largest absolute Gasteiger partial charge is 0.331 e. The van der Waals surface area contributed by atoms with E-state index in [9.17, 15) is 9.59 Å². The third-order valence-electron chi connectivity index (χ3n) is 5.35. The van der Waals surface area contributed by atoms with Gasteiger partial charge in [-0.3, -0.25) is 14.6 Å². The Bertz CT molecular complexity index is 830. The molecular weight excluding hydrogens is 376 g/mol. The van der Waals surface area contributed by atoms with Gasteiger partial charge in [0.25, 0.3) is 0 Å². The second-order valence-electron chi connectivity index (χ2n) is 7.06. The first-order valence-electron chi connectivity index (χ1n) is 9.52. The fraction of sp³-hybridized carbons (Fsp3) is 0.381. The average Bonchev–Trinajstić information content (AvgIpc) is 2.87. The molecule has 2 aliphatic heterocycles. The van der Waals surface area contributed by atoms with Crippen LogP contribution in [0.1, 0.15) is 30.0 Å². The molecule has 0 saturated carbocycles. The number of aromatic nitrogens is 1. The van der Waals surface area contributed by atoms with Gasteiger partial charge in [0.2, 0.25) is 11.8 Å². The summed E-state index contributed by atoms with van der Waals surface area (Å²) in [6.07, 6.45) is 5.73. The quantitative estimate of drug-likeness (QED) is 0.858. The van der Waals surface area contributed by atoms with Crippen LogP contribution in [0.15, 0.2) is 48.8 Å². The van der Waals surface area contributed by atoms with E-state index in [-0.39, 0.29) is 36.8 Å². The van der Waals surface area contributed by atoms with Gasteiger partial charge in [0.15, 0.2) is 0 Å². The number of benzene rings is 1. The molecule has 0 radical (unpaired) electrons. The number of anilines is 1. The van der Waals surface area contributed by atoms with Crippen LogP contribution in [0.5, 0.6) is 0 Å². The molecular formula is C21H25ClN4O2. The molecule has 0 spiro atoms. The van der Waals surface area contributed by atoms with Gasteiger partial charge in [-0.05, 0) is 36.1 Å². The fourth-order valence-electron chi connectivity index (χ4n) is 3.96. The highest BCUT2D eigenvalue weighted by Crippen LogP contribution is 2.28. The maximum atomic E-state index is 13.2. The monoisotopic (exact) mass is 400 g/mol. The number of fused-ring (bicyclic) bond motifs is 1. The Morgan fingerprint density at radius 3 is 2.86 bits per heavy atom. The Labute approximate surface area is 171 Å². The van der Waals surface area contributed by atoms with Gasteiger partial charge < -0.3 is 15.1 Å². The number of rotatable bonds is 3. The summed E-state index contributed by atoms with van der Waals surface area (Å²) in [6.45, 7) is 2.17. The number of para-hydroxylation sites is 1. The fourth-order valence-corrected chi connectivity index (χ4v) is 3.96. The van der Waals surface area contributed by atoms with Crippen molar-refractivity contribution in [3.63, 3.8) is 0 Å². The van der Waals surface area contributed by atoms with Gasteiger partial charge in [-0.2, -0.15) is 0 Å². The maximum absolute atomic E-state index is 13.2. The molecule has 28 heavy (non-hydrogen) atoms. The third-order valence-corrected chi connectivity index (χ3v) is 5.35. The minimum absolute atomic E-state index is 0. The second kappa shape index (κ2) is 9.17. The van der Waals surface area contributed by atoms with Crippen molar-refractivity contribution in [1.82, 2.24) is 15.2 Å². The van der Waals surface area contributed by atoms with Crippen molar-refractivity contribution in [1.29, 1.82) is 0 Å². The zero-order valence-electron chi connectivity index (χ0n) is 15.7. The summed E-state index contributed by atoms with van der Waals surface area (Å²) >= 11 is 0. The Balaban J connectivity index is 0.00000225. The molecule has 2 aliphatic rings. The van der Waals surface area contributed by atoms with Crippen LogP contribution < -0.4 is 10.2 Å². The number of carbonyl (C=O) groups excluding carboxylic acids is 2. The van der Waals surface area contributed by atoms with Crippen molar-refractivity contribution in [2.75, 3.05) is 31.1 Å². The topological polar surface area (TPSA) is 65.5 Å². The van der Waals surface area contributed by atoms with Crippen LogP contribution in [-0.4, -0.2) is 47.9 Å². The first-order valence-corrected chi connectivity index (χ1v) is 9.52. The number of aryl methyl sites for hydroxylation is 1. The van der Waals surface area contributed by atoms with Crippen molar-refractivity contribution in [3.05, 3.63) is 59.9 Å². The standard InChI is InChI=1S/C21H24N4O2.ClH/c26-20-9-3-6-16-5-1-2-8-18(16)25(20)15-21(27)24-12-11-23-14-19(24)17-7-4-10-22-13-17;/h1-2,4-5,7-8,10,13,19,23H,3,6,9,11-12,14-15H2;1H. The van der Waals surface area contributed by atoms with E-state index in [4.69, 9.17) is 0 Å². The second-order valence-corrected chi connectivity index (χ2v) is 7.06. The van der Waals surface area contributed by atoms with Gasteiger partial charge in [0.05, 0.1) is 6.04 Å². The molecule has 1 aromatic carbocycles. The highest BCUT2D eigenvalue weighted by molar-refractivity contribution is 6.00. The zero-order valence-corrected chi connectivity index (χ0v) is 16.5. The molecule has 0 bridgehead atoms. The van der Waals surface area contributed by atoms with Crippen molar-refractivity contribution in [3.8, 4) is 0 Å². The molecule has 1 saturated heterocycles. The number of piperazine rings is 1. The van der Waals surface area contributed by atoms with Crippen LogP contribution >= 0.6 is 12.4 Å². The molecule has 1 fully saturated rings. The Morgan fingerprint density at radius 1 is 1.18 bits per heavy atom. The lowest BCUT2D eigenvalue weighted by molar-refractivity contribution is -0.134. The Morgan fingerprint density at radius 2 is 2.04 bits per heavy atom.